The van der Waals surface area contributed by atoms with E-state index in [0.29, 0.717) is 6.54 Å². The lowest BCUT2D eigenvalue weighted by molar-refractivity contribution is -0.661. The molecule has 0 bridgehead atoms. The molecule has 0 unspecified atom stereocenters. The van der Waals surface area contributed by atoms with Gasteiger partial charge in [-0.05, 0) is 68.1 Å². The van der Waals surface area contributed by atoms with Gasteiger partial charge in [0.2, 0.25) is 0 Å². The van der Waals surface area contributed by atoms with Crippen LogP contribution >= 0.6 is 0 Å². The molecule has 2 aliphatic rings. The van der Waals surface area contributed by atoms with Crippen LogP contribution in [0.5, 0.6) is 0 Å². The minimum atomic E-state index is -1.11. The maximum absolute atomic E-state index is 13.4. The molecule has 0 spiro atoms. The predicted molar refractivity (Wildman–Crippen MR) is 97.5 cm³/mol. The Labute approximate surface area is 148 Å². The molecule has 0 amide bonds. The highest BCUT2D eigenvalue weighted by Gasteiger charge is 2.52. The lowest BCUT2D eigenvalue weighted by Crippen LogP contribution is -2.41. The van der Waals surface area contributed by atoms with Crippen molar-refractivity contribution in [2.45, 2.75) is 38.8 Å². The third-order valence-electron chi connectivity index (χ3n) is 5.65. The van der Waals surface area contributed by atoms with Gasteiger partial charge in [-0.3, -0.25) is 0 Å². The van der Waals surface area contributed by atoms with Crippen LogP contribution < -0.4 is 4.90 Å². The molecule has 0 radical (unpaired) electrons. The molecule has 0 aromatic heterocycles. The molecule has 25 heavy (non-hydrogen) atoms. The molecule has 2 heterocycles. The first-order valence-electron chi connectivity index (χ1n) is 8.96. The van der Waals surface area contributed by atoms with Crippen molar-refractivity contribution in [2.75, 3.05) is 18.0 Å². The van der Waals surface area contributed by atoms with E-state index >= 15 is 0 Å². The molecule has 4 rings (SSSR count). The summed E-state index contributed by atoms with van der Waals surface area (Å²) in [7, 11) is 0. The van der Waals surface area contributed by atoms with Gasteiger partial charge in [-0.2, -0.15) is 0 Å². The van der Waals surface area contributed by atoms with Crippen LogP contribution in [0.4, 0.5) is 10.1 Å². The van der Waals surface area contributed by atoms with E-state index in [9.17, 15) is 9.50 Å². The van der Waals surface area contributed by atoms with Crippen LogP contribution in [0.15, 0.2) is 42.5 Å². The molecule has 0 aliphatic carbocycles. The standard InChI is InChI=1S/C21H24FN2O/c1-15-6-5-7-19(16(15)2)23-14-21(25,17-9-11-18(22)12-10-17)24-13-4-3-8-20(23)24/h5-7,9-12,25H,3-4,8,13-14H2,1-2H3/q+1/t21-/m1/s1. The Morgan fingerprint density at radius 3 is 2.60 bits per heavy atom. The van der Waals surface area contributed by atoms with E-state index in [1.165, 1.54) is 29.1 Å². The summed E-state index contributed by atoms with van der Waals surface area (Å²) in [5.41, 5.74) is 3.28. The van der Waals surface area contributed by atoms with Gasteiger partial charge < -0.3 is 5.11 Å². The highest BCUT2D eigenvalue weighted by molar-refractivity contribution is 5.96. The predicted octanol–water partition coefficient (Wildman–Crippen LogP) is 3.70. The van der Waals surface area contributed by atoms with Crippen molar-refractivity contribution < 1.29 is 14.1 Å². The van der Waals surface area contributed by atoms with Gasteiger partial charge in [0.25, 0.3) is 11.6 Å². The van der Waals surface area contributed by atoms with E-state index < -0.39 is 5.72 Å². The molecule has 4 heteroatoms. The van der Waals surface area contributed by atoms with Gasteiger partial charge in [0.1, 0.15) is 11.5 Å². The third kappa shape index (κ3) is 2.56. The summed E-state index contributed by atoms with van der Waals surface area (Å²) >= 11 is 0. The highest BCUT2D eigenvalue weighted by Crippen LogP contribution is 2.37. The molecule has 0 saturated carbocycles. The van der Waals surface area contributed by atoms with Gasteiger partial charge in [-0.15, -0.1) is 0 Å². The Balaban J connectivity index is 1.83. The van der Waals surface area contributed by atoms with E-state index in [1.54, 1.807) is 12.1 Å². The zero-order valence-electron chi connectivity index (χ0n) is 14.8. The fourth-order valence-electron chi connectivity index (χ4n) is 4.11. The lowest BCUT2D eigenvalue weighted by Gasteiger charge is -2.24. The second kappa shape index (κ2) is 5.95. The molecule has 1 N–H and O–H groups in total. The molecule has 130 valence electrons. The third-order valence-corrected chi connectivity index (χ3v) is 5.65. The number of rotatable bonds is 2. The Hall–Kier alpha value is -2.20. The monoisotopic (exact) mass is 339 g/mol. The van der Waals surface area contributed by atoms with Crippen LogP contribution in [-0.4, -0.2) is 28.6 Å². The van der Waals surface area contributed by atoms with E-state index in [1.807, 2.05) is 0 Å². The Bertz CT molecular complexity index is 843. The van der Waals surface area contributed by atoms with Gasteiger partial charge >= 0.3 is 0 Å². The van der Waals surface area contributed by atoms with Crippen LogP contribution in [0, 0.1) is 19.7 Å². The summed E-state index contributed by atoms with van der Waals surface area (Å²) in [5, 5.41) is 11.6. The van der Waals surface area contributed by atoms with E-state index in [-0.39, 0.29) is 5.82 Å². The number of aliphatic hydroxyl groups is 1. The highest BCUT2D eigenvalue weighted by atomic mass is 19.1. The molecule has 0 saturated heterocycles. The summed E-state index contributed by atoms with van der Waals surface area (Å²) in [6, 6.07) is 12.6. The smallest absolute Gasteiger partial charge is 0.271 e. The largest absolute Gasteiger partial charge is 0.346 e. The SMILES string of the molecule is Cc1cccc(N2C[C@@](O)(c3ccc(F)cc3)[N+]3=C2CCCC3)c1C. The van der Waals surface area contributed by atoms with E-state index in [2.05, 4.69) is 41.5 Å². The Morgan fingerprint density at radius 2 is 1.84 bits per heavy atom. The number of amidine groups is 1. The number of benzene rings is 2. The van der Waals surface area contributed by atoms with Crippen LogP contribution in [-0.2, 0) is 5.72 Å². The second-order valence-corrected chi connectivity index (χ2v) is 7.15. The zero-order valence-corrected chi connectivity index (χ0v) is 14.8. The molecule has 3 nitrogen and oxygen atoms in total. The zero-order chi connectivity index (χ0) is 17.6. The Morgan fingerprint density at radius 1 is 1.08 bits per heavy atom. The summed E-state index contributed by atoms with van der Waals surface area (Å²) < 4.78 is 15.5. The molecule has 2 aromatic rings. The van der Waals surface area contributed by atoms with E-state index in [0.717, 1.165) is 37.1 Å². The summed E-state index contributed by atoms with van der Waals surface area (Å²) in [6.07, 6.45) is 3.15. The van der Waals surface area contributed by atoms with Crippen LogP contribution in [0.2, 0.25) is 0 Å². The van der Waals surface area contributed by atoms with Crippen molar-refractivity contribution >= 4 is 11.5 Å². The minimum Gasteiger partial charge on any atom is -0.346 e. The van der Waals surface area contributed by atoms with E-state index in [4.69, 9.17) is 0 Å². The maximum atomic E-state index is 13.4. The van der Waals surface area contributed by atoms with Crippen molar-refractivity contribution in [3.63, 3.8) is 0 Å². The number of hydrogen-bond acceptors (Lipinski definition) is 2. The van der Waals surface area contributed by atoms with Crippen molar-refractivity contribution in [1.82, 2.24) is 0 Å². The first-order chi connectivity index (χ1) is 12.0. The van der Waals surface area contributed by atoms with Gasteiger partial charge in [0.05, 0.1) is 6.54 Å². The van der Waals surface area contributed by atoms with Crippen LogP contribution in [0.1, 0.15) is 36.0 Å². The fourth-order valence-corrected chi connectivity index (χ4v) is 4.11. The topological polar surface area (TPSA) is 26.5 Å². The fraction of sp³-hybridized carbons (Fsp3) is 0.381. The van der Waals surface area contributed by atoms with Crippen molar-refractivity contribution in [3.8, 4) is 0 Å². The van der Waals surface area contributed by atoms with Crippen molar-refractivity contribution in [1.29, 1.82) is 0 Å². The average Bonchev–Trinajstić information content (AvgIpc) is 2.92. The molecule has 1 atom stereocenters. The van der Waals surface area contributed by atoms with Crippen molar-refractivity contribution in [3.05, 3.63) is 65.0 Å². The van der Waals surface area contributed by atoms with Crippen LogP contribution in [0.3, 0.4) is 0 Å². The van der Waals surface area contributed by atoms with Gasteiger partial charge in [-0.25, -0.2) is 13.9 Å². The Kier molecular flexibility index (Phi) is 3.88. The van der Waals surface area contributed by atoms with Crippen LogP contribution in [0.25, 0.3) is 0 Å². The summed E-state index contributed by atoms with van der Waals surface area (Å²) in [6.45, 7) is 5.54. The quantitative estimate of drug-likeness (QED) is 0.845. The maximum Gasteiger partial charge on any atom is 0.271 e. The number of aryl methyl sites for hydroxylation is 1. The molecule has 0 fully saturated rings. The molecular weight excluding hydrogens is 315 g/mol. The van der Waals surface area contributed by atoms with Gasteiger partial charge in [-0.1, -0.05) is 12.1 Å². The normalized spacial score (nSPS) is 23.1. The average molecular weight is 339 g/mol. The first kappa shape index (κ1) is 16.3. The van der Waals surface area contributed by atoms with Crippen molar-refractivity contribution in [2.24, 2.45) is 0 Å². The summed E-state index contributed by atoms with van der Waals surface area (Å²) in [4.78, 5) is 2.25. The number of anilines is 1. The molecule has 2 aliphatic heterocycles. The minimum absolute atomic E-state index is 0.278. The molecular formula is C21H24FN2O+. The number of halogens is 1. The van der Waals surface area contributed by atoms with Gasteiger partial charge in [0.15, 0.2) is 6.54 Å². The lowest BCUT2D eigenvalue weighted by atomic mass is 10.0. The number of hydrogen-bond donors (Lipinski definition) is 1. The summed E-state index contributed by atoms with van der Waals surface area (Å²) in [5.74, 6) is 0.895. The second-order valence-electron chi connectivity index (χ2n) is 7.15. The number of β-amino-alcohol motifs (C(OH)–C–C–N with tert-alkyl or cyclic N) is 1. The van der Waals surface area contributed by atoms with Gasteiger partial charge in [0, 0.05) is 12.0 Å². The molecule has 2 aromatic carbocycles. The number of nitrogens with zero attached hydrogens (tertiary/aromatic N) is 2. The first-order valence-corrected chi connectivity index (χ1v) is 8.96.